The summed E-state index contributed by atoms with van der Waals surface area (Å²) in [5.41, 5.74) is 1.65. The monoisotopic (exact) mass is 420 g/mol. The van der Waals surface area contributed by atoms with Crippen molar-refractivity contribution in [2.24, 2.45) is 0 Å². The van der Waals surface area contributed by atoms with E-state index in [2.05, 4.69) is 4.72 Å². The first-order valence-electron chi connectivity index (χ1n) is 9.45. The van der Waals surface area contributed by atoms with Crippen molar-refractivity contribution in [1.29, 1.82) is 0 Å². The highest BCUT2D eigenvalue weighted by molar-refractivity contribution is 7.88. The van der Waals surface area contributed by atoms with Gasteiger partial charge in [0.2, 0.25) is 10.0 Å². The Balaban J connectivity index is 1.96. The Morgan fingerprint density at radius 2 is 1.93 bits per heavy atom. The largest absolute Gasteiger partial charge is 0.453 e. The Hall–Kier alpha value is -2.45. The van der Waals surface area contributed by atoms with Gasteiger partial charge in [-0.2, -0.15) is 0 Å². The molecule has 1 saturated heterocycles. The van der Waals surface area contributed by atoms with Crippen LogP contribution in [0.2, 0.25) is 0 Å². The van der Waals surface area contributed by atoms with Crippen molar-refractivity contribution in [3.63, 3.8) is 0 Å². The van der Waals surface area contributed by atoms with Crippen LogP contribution in [0.4, 0.5) is 9.18 Å². The molecule has 1 fully saturated rings. The van der Waals surface area contributed by atoms with Gasteiger partial charge < -0.3 is 9.64 Å². The highest BCUT2D eigenvalue weighted by Crippen LogP contribution is 2.28. The Bertz CT molecular complexity index is 966. The van der Waals surface area contributed by atoms with Gasteiger partial charge in [0.15, 0.2) is 0 Å². The number of nitrogens with zero attached hydrogens (tertiary/aromatic N) is 1. The lowest BCUT2D eigenvalue weighted by atomic mass is 9.90. The minimum Gasteiger partial charge on any atom is -0.453 e. The van der Waals surface area contributed by atoms with E-state index in [1.165, 1.54) is 12.0 Å². The average molecular weight is 421 g/mol. The molecule has 156 valence electrons. The number of carbonyl (C=O) groups is 1. The van der Waals surface area contributed by atoms with E-state index in [1.807, 2.05) is 30.3 Å². The molecule has 0 spiro atoms. The zero-order valence-corrected chi connectivity index (χ0v) is 17.3. The molecule has 0 radical (unpaired) electrons. The molecular formula is C21H25FN2O4S. The van der Waals surface area contributed by atoms with E-state index in [1.54, 1.807) is 18.2 Å². The number of carbonyl (C=O) groups excluding carboxylic acids is 1. The van der Waals surface area contributed by atoms with Gasteiger partial charge in [-0.3, -0.25) is 0 Å². The third kappa shape index (κ3) is 5.13. The molecule has 1 N–H and O–H groups in total. The molecule has 1 aliphatic heterocycles. The number of sulfonamides is 1. The van der Waals surface area contributed by atoms with E-state index in [-0.39, 0.29) is 12.2 Å². The van der Waals surface area contributed by atoms with Gasteiger partial charge in [0, 0.05) is 18.2 Å². The van der Waals surface area contributed by atoms with E-state index in [9.17, 15) is 13.2 Å². The third-order valence-corrected chi connectivity index (χ3v) is 5.88. The Morgan fingerprint density at radius 1 is 1.21 bits per heavy atom. The van der Waals surface area contributed by atoms with Crippen LogP contribution in [-0.2, 0) is 21.2 Å². The Kier molecular flexibility index (Phi) is 6.54. The van der Waals surface area contributed by atoms with Gasteiger partial charge in [0.1, 0.15) is 5.82 Å². The minimum atomic E-state index is -3.49. The van der Waals surface area contributed by atoms with E-state index in [0.29, 0.717) is 30.5 Å². The van der Waals surface area contributed by atoms with Crippen molar-refractivity contribution < 1.29 is 22.3 Å². The molecule has 2 unspecified atom stereocenters. The molecule has 1 aliphatic rings. The fraction of sp³-hybridized carbons (Fsp3) is 0.381. The summed E-state index contributed by atoms with van der Waals surface area (Å²) in [7, 11) is -2.21. The molecule has 2 aromatic rings. The topological polar surface area (TPSA) is 75.7 Å². The first kappa shape index (κ1) is 21.3. The van der Waals surface area contributed by atoms with E-state index in [4.69, 9.17) is 4.74 Å². The van der Waals surface area contributed by atoms with Gasteiger partial charge in [-0.05, 0) is 30.4 Å². The van der Waals surface area contributed by atoms with Crippen LogP contribution >= 0.6 is 0 Å². The fourth-order valence-corrected chi connectivity index (χ4v) is 4.69. The predicted octanol–water partition coefficient (Wildman–Crippen LogP) is 3.18. The molecule has 0 bridgehead atoms. The van der Waals surface area contributed by atoms with Crippen molar-refractivity contribution in [3.8, 4) is 11.1 Å². The summed E-state index contributed by atoms with van der Waals surface area (Å²) in [6.45, 7) is 0.430. The van der Waals surface area contributed by atoms with Crippen LogP contribution in [0, 0.1) is 5.82 Å². The number of hydrogen-bond acceptors (Lipinski definition) is 4. The van der Waals surface area contributed by atoms with Crippen molar-refractivity contribution in [2.45, 2.75) is 31.3 Å². The molecule has 2 atom stereocenters. The lowest BCUT2D eigenvalue weighted by molar-refractivity contribution is 0.0790. The summed E-state index contributed by atoms with van der Waals surface area (Å²) in [6.07, 6.45) is 1.90. The van der Waals surface area contributed by atoms with E-state index in [0.717, 1.165) is 11.8 Å². The number of benzene rings is 2. The molecule has 1 amide bonds. The van der Waals surface area contributed by atoms with Gasteiger partial charge in [-0.15, -0.1) is 0 Å². The number of hydrogen-bond donors (Lipinski definition) is 1. The Morgan fingerprint density at radius 3 is 2.59 bits per heavy atom. The number of nitrogens with one attached hydrogen (secondary N) is 1. The summed E-state index contributed by atoms with van der Waals surface area (Å²) in [5, 5.41) is 0. The first-order chi connectivity index (χ1) is 13.8. The van der Waals surface area contributed by atoms with Gasteiger partial charge in [0.05, 0.1) is 19.4 Å². The minimum absolute atomic E-state index is 0.175. The fourth-order valence-electron chi connectivity index (χ4n) is 3.87. The zero-order chi connectivity index (χ0) is 21.0. The smallest absolute Gasteiger partial charge is 0.409 e. The molecular weight excluding hydrogens is 395 g/mol. The van der Waals surface area contributed by atoms with Crippen LogP contribution in [0.5, 0.6) is 0 Å². The second kappa shape index (κ2) is 8.92. The van der Waals surface area contributed by atoms with Crippen molar-refractivity contribution in [3.05, 3.63) is 59.9 Å². The first-order valence-corrected chi connectivity index (χ1v) is 11.3. The predicted molar refractivity (Wildman–Crippen MR) is 109 cm³/mol. The molecule has 0 saturated carbocycles. The van der Waals surface area contributed by atoms with Gasteiger partial charge in [0.25, 0.3) is 0 Å². The zero-order valence-electron chi connectivity index (χ0n) is 16.5. The number of likely N-dealkylation sites (tertiary alicyclic amines) is 1. The van der Waals surface area contributed by atoms with Crippen LogP contribution in [0.25, 0.3) is 11.1 Å². The van der Waals surface area contributed by atoms with Gasteiger partial charge >= 0.3 is 6.09 Å². The number of ether oxygens (including phenoxy) is 1. The lowest BCUT2D eigenvalue weighted by Crippen LogP contribution is -2.57. The van der Waals surface area contributed by atoms with Crippen LogP contribution in [0.15, 0.2) is 48.5 Å². The van der Waals surface area contributed by atoms with Crippen molar-refractivity contribution in [2.75, 3.05) is 19.9 Å². The Labute approximate surface area is 170 Å². The SMILES string of the molecule is COC(=O)N1CCCC(NS(C)(=O)=O)C1Cc1cccc(-c2ccccc2)c1F. The molecule has 3 rings (SSSR count). The highest BCUT2D eigenvalue weighted by atomic mass is 32.2. The van der Waals surface area contributed by atoms with Crippen LogP contribution in [-0.4, -0.2) is 51.4 Å². The normalized spacial score (nSPS) is 19.8. The summed E-state index contributed by atoms with van der Waals surface area (Å²) >= 11 is 0. The summed E-state index contributed by atoms with van der Waals surface area (Å²) < 4.78 is 46.5. The number of methoxy groups -OCH3 is 1. The maximum absolute atomic E-state index is 15.3. The highest BCUT2D eigenvalue weighted by Gasteiger charge is 2.37. The molecule has 8 heteroatoms. The summed E-state index contributed by atoms with van der Waals surface area (Å²) in [5.74, 6) is -0.368. The average Bonchev–Trinajstić information content (AvgIpc) is 2.69. The molecule has 0 aromatic heterocycles. The summed E-state index contributed by atoms with van der Waals surface area (Å²) in [6, 6.07) is 13.3. The number of piperidine rings is 1. The molecule has 6 nitrogen and oxygen atoms in total. The van der Waals surface area contributed by atoms with Crippen molar-refractivity contribution >= 4 is 16.1 Å². The van der Waals surface area contributed by atoms with E-state index < -0.39 is 28.2 Å². The van der Waals surface area contributed by atoms with Crippen LogP contribution in [0.3, 0.4) is 0 Å². The number of rotatable bonds is 5. The molecule has 1 heterocycles. The second-order valence-corrected chi connectivity index (χ2v) is 9.00. The maximum atomic E-state index is 15.3. The molecule has 0 aliphatic carbocycles. The number of halogens is 1. The lowest BCUT2D eigenvalue weighted by Gasteiger charge is -2.40. The van der Waals surface area contributed by atoms with Crippen LogP contribution in [0.1, 0.15) is 18.4 Å². The second-order valence-electron chi connectivity index (χ2n) is 7.22. The van der Waals surface area contributed by atoms with Crippen molar-refractivity contribution in [1.82, 2.24) is 9.62 Å². The summed E-state index contributed by atoms with van der Waals surface area (Å²) in [4.78, 5) is 13.8. The quantitative estimate of drug-likeness (QED) is 0.806. The third-order valence-electron chi connectivity index (χ3n) is 5.15. The molecule has 29 heavy (non-hydrogen) atoms. The van der Waals surface area contributed by atoms with Crippen LogP contribution < -0.4 is 4.72 Å². The standard InChI is InChI=1S/C21H25FN2O4S/c1-28-21(25)24-13-7-12-18(23-29(2,26)27)19(24)14-16-10-6-11-17(20(16)22)15-8-4-3-5-9-15/h3-6,8-11,18-19,23H,7,12-14H2,1-2H3. The maximum Gasteiger partial charge on any atom is 0.409 e. The number of amides is 1. The van der Waals surface area contributed by atoms with Gasteiger partial charge in [-0.25, -0.2) is 22.3 Å². The van der Waals surface area contributed by atoms with E-state index >= 15 is 4.39 Å². The molecule has 2 aromatic carbocycles. The van der Waals surface area contributed by atoms with Gasteiger partial charge in [-0.1, -0.05) is 48.5 Å².